The minimum absolute atomic E-state index is 0.0144. The van der Waals surface area contributed by atoms with Crippen molar-refractivity contribution in [2.45, 2.75) is 25.7 Å². The summed E-state index contributed by atoms with van der Waals surface area (Å²) < 4.78 is 5.27. The Labute approximate surface area is 119 Å². The van der Waals surface area contributed by atoms with E-state index in [0.717, 1.165) is 19.6 Å². The Hall–Kier alpha value is -1.34. The minimum Gasteiger partial charge on any atom is -0.409 e. The van der Waals surface area contributed by atoms with E-state index in [1.165, 1.54) is 12.8 Å². The highest BCUT2D eigenvalue weighted by atomic mass is 16.5. The Kier molecular flexibility index (Phi) is 5.19. The molecule has 0 spiro atoms. The summed E-state index contributed by atoms with van der Waals surface area (Å²) in [7, 11) is 0. The van der Waals surface area contributed by atoms with Crippen molar-refractivity contribution in [1.29, 1.82) is 0 Å². The Bertz CT molecular complexity index is 361. The molecule has 2 rings (SSSR count). The van der Waals surface area contributed by atoms with E-state index in [0.29, 0.717) is 32.6 Å². The number of nitrogens with zero attached hydrogens (tertiary/aromatic N) is 2. The summed E-state index contributed by atoms with van der Waals surface area (Å²) in [4.78, 5) is 14.8. The van der Waals surface area contributed by atoms with Gasteiger partial charge in [-0.15, -0.1) is 0 Å². The Morgan fingerprint density at radius 3 is 2.60 bits per heavy atom. The summed E-state index contributed by atoms with van der Waals surface area (Å²) in [6.45, 7) is 4.57. The zero-order valence-electron chi connectivity index (χ0n) is 11.8. The predicted molar refractivity (Wildman–Crippen MR) is 74.6 cm³/mol. The van der Waals surface area contributed by atoms with Gasteiger partial charge in [-0.05, 0) is 38.8 Å². The van der Waals surface area contributed by atoms with Crippen molar-refractivity contribution in [1.82, 2.24) is 10.2 Å². The maximum absolute atomic E-state index is 12.4. The van der Waals surface area contributed by atoms with E-state index < -0.39 is 5.41 Å². The number of amides is 1. The third kappa shape index (κ3) is 3.21. The van der Waals surface area contributed by atoms with Crippen molar-refractivity contribution >= 4 is 11.7 Å². The SMILES string of the molecule is NC(=NO)C1(C(=O)NCCN2CCCC2)CCOCC1. The third-order valence-electron chi connectivity index (χ3n) is 4.29. The molecule has 1 amide bonds. The van der Waals surface area contributed by atoms with Gasteiger partial charge < -0.3 is 25.9 Å². The van der Waals surface area contributed by atoms with E-state index in [9.17, 15) is 4.79 Å². The summed E-state index contributed by atoms with van der Waals surface area (Å²) in [6, 6.07) is 0. The van der Waals surface area contributed by atoms with E-state index in [4.69, 9.17) is 15.7 Å². The highest BCUT2D eigenvalue weighted by molar-refractivity contribution is 6.06. The fourth-order valence-corrected chi connectivity index (χ4v) is 2.92. The zero-order chi connectivity index (χ0) is 14.4. The number of nitrogens with two attached hydrogens (primary N) is 1. The molecule has 2 saturated heterocycles. The van der Waals surface area contributed by atoms with E-state index in [1.807, 2.05) is 0 Å². The van der Waals surface area contributed by atoms with Crippen LogP contribution in [0.3, 0.4) is 0 Å². The van der Waals surface area contributed by atoms with Crippen LogP contribution in [0, 0.1) is 5.41 Å². The zero-order valence-corrected chi connectivity index (χ0v) is 11.8. The first-order valence-corrected chi connectivity index (χ1v) is 7.25. The molecule has 0 saturated carbocycles. The largest absolute Gasteiger partial charge is 0.409 e. The van der Waals surface area contributed by atoms with Gasteiger partial charge >= 0.3 is 0 Å². The van der Waals surface area contributed by atoms with Gasteiger partial charge in [0, 0.05) is 26.3 Å². The molecule has 7 nitrogen and oxygen atoms in total. The third-order valence-corrected chi connectivity index (χ3v) is 4.29. The van der Waals surface area contributed by atoms with Gasteiger partial charge in [0.05, 0.1) is 0 Å². The molecule has 0 radical (unpaired) electrons. The van der Waals surface area contributed by atoms with Crippen LogP contribution in [0.15, 0.2) is 5.16 Å². The van der Waals surface area contributed by atoms with Crippen LogP contribution in [0.25, 0.3) is 0 Å². The van der Waals surface area contributed by atoms with Gasteiger partial charge in [0.25, 0.3) is 0 Å². The maximum atomic E-state index is 12.4. The van der Waals surface area contributed by atoms with E-state index >= 15 is 0 Å². The second kappa shape index (κ2) is 6.90. The Morgan fingerprint density at radius 1 is 1.35 bits per heavy atom. The molecule has 0 aromatic carbocycles. The van der Waals surface area contributed by atoms with E-state index in [2.05, 4.69) is 15.4 Å². The van der Waals surface area contributed by atoms with Gasteiger partial charge in [0.1, 0.15) is 5.41 Å². The summed E-state index contributed by atoms with van der Waals surface area (Å²) in [6.07, 6.45) is 3.38. The van der Waals surface area contributed by atoms with Crippen LogP contribution in [0.1, 0.15) is 25.7 Å². The molecule has 7 heteroatoms. The van der Waals surface area contributed by atoms with Crippen LogP contribution in [-0.2, 0) is 9.53 Å². The smallest absolute Gasteiger partial charge is 0.234 e. The van der Waals surface area contributed by atoms with Crippen LogP contribution >= 0.6 is 0 Å². The summed E-state index contributed by atoms with van der Waals surface area (Å²) in [5.74, 6) is -0.172. The minimum atomic E-state index is -0.919. The first-order chi connectivity index (χ1) is 9.69. The van der Waals surface area contributed by atoms with E-state index in [-0.39, 0.29) is 11.7 Å². The Morgan fingerprint density at radius 2 is 2.00 bits per heavy atom. The number of ether oxygens (including phenoxy) is 1. The molecule has 0 unspecified atom stereocenters. The first kappa shape index (κ1) is 15.1. The van der Waals surface area contributed by atoms with E-state index in [1.54, 1.807) is 0 Å². The normalized spacial score (nSPS) is 23.7. The van der Waals surface area contributed by atoms with Gasteiger partial charge in [-0.3, -0.25) is 4.79 Å². The average molecular weight is 284 g/mol. The number of oxime groups is 1. The van der Waals surface area contributed by atoms with Crippen LogP contribution in [0.2, 0.25) is 0 Å². The monoisotopic (exact) mass is 284 g/mol. The first-order valence-electron chi connectivity index (χ1n) is 7.25. The molecule has 20 heavy (non-hydrogen) atoms. The number of carbonyl (C=O) groups excluding carboxylic acids is 1. The molecule has 2 aliphatic heterocycles. The predicted octanol–water partition coefficient (Wildman–Crippen LogP) is -0.258. The molecule has 0 aliphatic carbocycles. The molecular formula is C13H24N4O3. The van der Waals surface area contributed by atoms with Crippen molar-refractivity contribution in [3.63, 3.8) is 0 Å². The van der Waals surface area contributed by atoms with Gasteiger partial charge in [-0.25, -0.2) is 0 Å². The van der Waals surface area contributed by atoms with Crippen LogP contribution in [0.4, 0.5) is 0 Å². The summed E-state index contributed by atoms with van der Waals surface area (Å²) in [5, 5.41) is 14.9. The molecule has 2 heterocycles. The lowest BCUT2D eigenvalue weighted by atomic mass is 9.78. The highest BCUT2D eigenvalue weighted by Gasteiger charge is 2.44. The van der Waals surface area contributed by atoms with Gasteiger partial charge in [0.2, 0.25) is 5.91 Å². The lowest BCUT2D eigenvalue weighted by Crippen LogP contribution is -2.53. The lowest BCUT2D eigenvalue weighted by Gasteiger charge is -2.34. The number of hydrogen-bond acceptors (Lipinski definition) is 5. The second-order valence-corrected chi connectivity index (χ2v) is 5.48. The van der Waals surface area contributed by atoms with Crippen molar-refractivity contribution < 1.29 is 14.7 Å². The molecule has 0 atom stereocenters. The highest BCUT2D eigenvalue weighted by Crippen LogP contribution is 2.31. The van der Waals surface area contributed by atoms with Crippen molar-refractivity contribution in [3.8, 4) is 0 Å². The van der Waals surface area contributed by atoms with Gasteiger partial charge in [-0.2, -0.15) is 0 Å². The number of nitrogens with one attached hydrogen (secondary N) is 1. The molecule has 0 aromatic rings. The number of amidine groups is 1. The standard InChI is InChI=1S/C13H24N4O3/c14-11(16-19)13(3-9-20-10-4-13)12(18)15-5-8-17-6-1-2-7-17/h19H,1-10H2,(H2,14,16)(H,15,18). The van der Waals surface area contributed by atoms with Crippen molar-refractivity contribution in [3.05, 3.63) is 0 Å². The van der Waals surface area contributed by atoms with Crippen molar-refractivity contribution in [2.24, 2.45) is 16.3 Å². The van der Waals surface area contributed by atoms with Crippen LogP contribution in [-0.4, -0.2) is 61.2 Å². The molecule has 2 aliphatic rings. The maximum Gasteiger partial charge on any atom is 0.234 e. The number of likely N-dealkylation sites (tertiary alicyclic amines) is 1. The molecule has 4 N–H and O–H groups in total. The molecule has 0 bridgehead atoms. The number of hydrogen-bond donors (Lipinski definition) is 3. The van der Waals surface area contributed by atoms with Gasteiger partial charge in [-0.1, -0.05) is 5.16 Å². The van der Waals surface area contributed by atoms with Crippen LogP contribution in [0.5, 0.6) is 0 Å². The quantitative estimate of drug-likeness (QED) is 0.279. The van der Waals surface area contributed by atoms with Crippen molar-refractivity contribution in [2.75, 3.05) is 39.4 Å². The fourth-order valence-electron chi connectivity index (χ4n) is 2.92. The molecule has 2 fully saturated rings. The second-order valence-electron chi connectivity index (χ2n) is 5.48. The summed E-state index contributed by atoms with van der Waals surface area (Å²) >= 11 is 0. The lowest BCUT2D eigenvalue weighted by molar-refractivity contribution is -0.131. The topological polar surface area (TPSA) is 100 Å². The number of rotatable bonds is 5. The molecule has 114 valence electrons. The molecular weight excluding hydrogens is 260 g/mol. The fraction of sp³-hybridized carbons (Fsp3) is 0.846. The average Bonchev–Trinajstić information content (AvgIpc) is 3.00. The number of carbonyl (C=O) groups is 1. The molecule has 0 aromatic heterocycles. The van der Waals surface area contributed by atoms with Gasteiger partial charge in [0.15, 0.2) is 5.84 Å². The van der Waals surface area contributed by atoms with Crippen LogP contribution < -0.4 is 11.1 Å². The summed E-state index contributed by atoms with van der Waals surface area (Å²) in [5.41, 5.74) is 4.83. The Balaban J connectivity index is 1.89.